The number of benzene rings is 2. The average Bonchev–Trinajstić information content (AvgIpc) is 2.46. The van der Waals surface area contributed by atoms with E-state index in [2.05, 4.69) is 0 Å². The van der Waals surface area contributed by atoms with Crippen LogP contribution in [0.2, 0.25) is 0 Å². The fraction of sp³-hybridized carbons (Fsp3) is 0.200. The second kappa shape index (κ2) is 6.31. The Morgan fingerprint density at radius 3 is 1.87 bits per heavy atom. The standard InChI is InChI=1S/C15H17NO5S2/c1-12-4-8-15(9-5-12)23(19,20)21-22(2,3)14-10-6-13(7-11-14)16(17)18/h4-11H,1-3H3. The van der Waals surface area contributed by atoms with E-state index in [9.17, 15) is 18.5 Å². The van der Waals surface area contributed by atoms with E-state index in [1.54, 1.807) is 24.6 Å². The molecule has 0 saturated carbocycles. The largest absolute Gasteiger partial charge is 0.306 e. The van der Waals surface area contributed by atoms with Crippen LogP contribution in [0.4, 0.5) is 5.69 Å². The molecule has 0 aliphatic heterocycles. The molecule has 0 aliphatic rings. The Balaban J connectivity index is 2.29. The summed E-state index contributed by atoms with van der Waals surface area (Å²) < 4.78 is 30.2. The number of nitro benzene ring substituents is 1. The van der Waals surface area contributed by atoms with Gasteiger partial charge in [0.2, 0.25) is 0 Å². The molecule has 0 amide bonds. The first-order chi connectivity index (χ1) is 10.6. The first-order valence-electron chi connectivity index (χ1n) is 6.62. The molecule has 0 N–H and O–H groups in total. The summed E-state index contributed by atoms with van der Waals surface area (Å²) in [7, 11) is -6.04. The van der Waals surface area contributed by atoms with E-state index in [0.717, 1.165) is 5.56 Å². The lowest BCUT2D eigenvalue weighted by Gasteiger charge is -2.30. The van der Waals surface area contributed by atoms with Crippen molar-refractivity contribution in [2.45, 2.75) is 16.7 Å². The Labute approximate surface area is 136 Å². The molecule has 6 nitrogen and oxygen atoms in total. The maximum Gasteiger partial charge on any atom is 0.306 e. The Kier molecular flexibility index (Phi) is 4.79. The van der Waals surface area contributed by atoms with Crippen molar-refractivity contribution in [2.75, 3.05) is 12.5 Å². The van der Waals surface area contributed by atoms with Gasteiger partial charge in [-0.3, -0.25) is 10.1 Å². The highest BCUT2D eigenvalue weighted by atomic mass is 32.3. The predicted molar refractivity (Wildman–Crippen MR) is 90.3 cm³/mol. The van der Waals surface area contributed by atoms with Crippen LogP contribution in [0.25, 0.3) is 0 Å². The summed E-state index contributed by atoms with van der Waals surface area (Å²) in [5.74, 6) is 0. The average molecular weight is 355 g/mol. The van der Waals surface area contributed by atoms with Gasteiger partial charge in [0.05, 0.1) is 9.82 Å². The van der Waals surface area contributed by atoms with Gasteiger partial charge in [0.1, 0.15) is 0 Å². The molecule has 0 heterocycles. The topological polar surface area (TPSA) is 86.5 Å². The summed E-state index contributed by atoms with van der Waals surface area (Å²) >= 11 is 0. The van der Waals surface area contributed by atoms with Crippen molar-refractivity contribution in [2.24, 2.45) is 0 Å². The van der Waals surface area contributed by atoms with Crippen molar-refractivity contribution < 1.29 is 17.0 Å². The van der Waals surface area contributed by atoms with Crippen molar-refractivity contribution >= 4 is 26.1 Å². The number of nitrogens with zero attached hydrogens (tertiary/aromatic N) is 1. The molecule has 0 aliphatic carbocycles. The minimum atomic E-state index is -3.91. The van der Waals surface area contributed by atoms with Gasteiger partial charge < -0.3 is 0 Å². The minimum Gasteiger partial charge on any atom is -0.258 e. The summed E-state index contributed by atoms with van der Waals surface area (Å²) in [6, 6.07) is 12.1. The fourth-order valence-corrected chi connectivity index (χ4v) is 5.58. The van der Waals surface area contributed by atoms with Crippen LogP contribution in [0.3, 0.4) is 0 Å². The normalized spacial score (nSPS) is 12.8. The molecule has 0 radical (unpaired) electrons. The number of non-ortho nitro benzene ring substituents is 1. The predicted octanol–water partition coefficient (Wildman–Crippen LogP) is 3.65. The third-order valence-electron chi connectivity index (χ3n) is 3.18. The van der Waals surface area contributed by atoms with Crippen LogP contribution in [0.1, 0.15) is 5.56 Å². The molecule has 2 aromatic carbocycles. The highest BCUT2D eigenvalue weighted by Crippen LogP contribution is 2.52. The summed E-state index contributed by atoms with van der Waals surface area (Å²) in [5, 5.41) is 10.7. The van der Waals surface area contributed by atoms with Gasteiger partial charge in [0.15, 0.2) is 0 Å². The van der Waals surface area contributed by atoms with E-state index in [1.165, 1.54) is 36.4 Å². The lowest BCUT2D eigenvalue weighted by atomic mass is 10.2. The van der Waals surface area contributed by atoms with E-state index < -0.39 is 25.4 Å². The quantitative estimate of drug-likeness (QED) is 0.603. The summed E-state index contributed by atoms with van der Waals surface area (Å²) in [4.78, 5) is 10.9. The zero-order valence-corrected chi connectivity index (χ0v) is 14.6. The van der Waals surface area contributed by atoms with Crippen molar-refractivity contribution in [3.63, 3.8) is 0 Å². The zero-order valence-electron chi connectivity index (χ0n) is 12.9. The smallest absolute Gasteiger partial charge is 0.258 e. The van der Waals surface area contributed by atoms with Crippen LogP contribution >= 0.6 is 10.3 Å². The monoisotopic (exact) mass is 355 g/mol. The Morgan fingerprint density at radius 2 is 1.39 bits per heavy atom. The van der Waals surface area contributed by atoms with Gasteiger partial charge in [-0.2, -0.15) is 8.42 Å². The fourth-order valence-electron chi connectivity index (χ4n) is 1.90. The van der Waals surface area contributed by atoms with E-state index in [0.29, 0.717) is 4.90 Å². The lowest BCUT2D eigenvalue weighted by Crippen LogP contribution is -2.11. The molecule has 2 aromatic rings. The van der Waals surface area contributed by atoms with Crippen LogP contribution in [0.5, 0.6) is 0 Å². The maximum atomic E-state index is 12.4. The van der Waals surface area contributed by atoms with Gasteiger partial charge in [-0.25, -0.2) is 3.63 Å². The van der Waals surface area contributed by atoms with E-state index >= 15 is 0 Å². The summed E-state index contributed by atoms with van der Waals surface area (Å²) in [6.07, 6.45) is 3.36. The van der Waals surface area contributed by atoms with Crippen LogP contribution in [0, 0.1) is 17.0 Å². The highest BCUT2D eigenvalue weighted by molar-refractivity contribution is 8.32. The van der Waals surface area contributed by atoms with Crippen molar-refractivity contribution in [3.05, 3.63) is 64.2 Å². The van der Waals surface area contributed by atoms with Crippen molar-refractivity contribution in [3.8, 4) is 0 Å². The van der Waals surface area contributed by atoms with Crippen LogP contribution < -0.4 is 0 Å². The second-order valence-corrected chi connectivity index (χ2v) is 10.2. The molecule has 8 heteroatoms. The van der Waals surface area contributed by atoms with Crippen LogP contribution in [0.15, 0.2) is 58.3 Å². The second-order valence-electron chi connectivity index (χ2n) is 5.32. The first kappa shape index (κ1) is 17.5. The Hall–Kier alpha value is -1.90. The third kappa shape index (κ3) is 4.10. The molecular formula is C15H17NO5S2. The van der Waals surface area contributed by atoms with Crippen LogP contribution in [-0.2, 0) is 13.7 Å². The van der Waals surface area contributed by atoms with Gasteiger partial charge in [0.25, 0.3) is 5.69 Å². The van der Waals surface area contributed by atoms with E-state index in [1.807, 2.05) is 6.92 Å². The van der Waals surface area contributed by atoms with E-state index in [4.69, 9.17) is 3.63 Å². The summed E-state index contributed by atoms with van der Waals surface area (Å²) in [5.41, 5.74) is 0.899. The zero-order chi connectivity index (χ0) is 17.3. The maximum absolute atomic E-state index is 12.4. The van der Waals surface area contributed by atoms with Crippen molar-refractivity contribution in [1.82, 2.24) is 0 Å². The number of hydrogen-bond acceptors (Lipinski definition) is 5. The van der Waals surface area contributed by atoms with E-state index in [-0.39, 0.29) is 10.6 Å². The molecule has 124 valence electrons. The minimum absolute atomic E-state index is 0.0506. The number of rotatable bonds is 5. The first-order valence-corrected chi connectivity index (χ1v) is 10.4. The van der Waals surface area contributed by atoms with Gasteiger partial charge in [-0.1, -0.05) is 28.0 Å². The number of aryl methyl sites for hydroxylation is 1. The van der Waals surface area contributed by atoms with Gasteiger partial charge in [0, 0.05) is 17.0 Å². The van der Waals surface area contributed by atoms with Gasteiger partial charge in [-0.15, -0.1) is 0 Å². The van der Waals surface area contributed by atoms with Crippen molar-refractivity contribution in [1.29, 1.82) is 0 Å². The molecule has 0 fully saturated rings. The van der Waals surface area contributed by atoms with Crippen LogP contribution in [-0.4, -0.2) is 25.9 Å². The van der Waals surface area contributed by atoms with Gasteiger partial charge in [-0.05, 0) is 43.7 Å². The molecule has 0 bridgehead atoms. The molecule has 0 saturated heterocycles. The Bertz CT molecular complexity index is 812. The molecule has 0 aromatic heterocycles. The molecule has 23 heavy (non-hydrogen) atoms. The summed E-state index contributed by atoms with van der Waals surface area (Å²) in [6.45, 7) is 1.86. The Morgan fingerprint density at radius 1 is 0.913 bits per heavy atom. The molecule has 0 spiro atoms. The molecule has 2 rings (SSSR count). The SMILES string of the molecule is Cc1ccc(S(=O)(=O)OS(C)(C)c2ccc([N+](=O)[O-])cc2)cc1. The highest BCUT2D eigenvalue weighted by Gasteiger charge is 2.26. The third-order valence-corrected chi connectivity index (χ3v) is 7.52. The number of hydrogen-bond donors (Lipinski definition) is 0. The molecular weight excluding hydrogens is 338 g/mol. The lowest BCUT2D eigenvalue weighted by molar-refractivity contribution is -0.384. The van der Waals surface area contributed by atoms with Gasteiger partial charge >= 0.3 is 10.1 Å². The number of nitro groups is 1. The molecule has 0 unspecified atom stereocenters. The molecule has 0 atom stereocenters.